The topological polar surface area (TPSA) is 81.1 Å². The zero-order chi connectivity index (χ0) is 11.0. The van der Waals surface area contributed by atoms with Crippen molar-refractivity contribution < 1.29 is 4.79 Å². The summed E-state index contributed by atoms with van der Waals surface area (Å²) in [6, 6.07) is 0. The molecule has 0 spiro atoms. The van der Waals surface area contributed by atoms with Gasteiger partial charge in [-0.2, -0.15) is 0 Å². The van der Waals surface area contributed by atoms with Crippen molar-refractivity contribution in [3.05, 3.63) is 0 Å². The molecule has 84 valence electrons. The summed E-state index contributed by atoms with van der Waals surface area (Å²) in [7, 11) is 0. The molecule has 14 heavy (non-hydrogen) atoms. The maximum atomic E-state index is 11.8. The smallest absolute Gasteiger partial charge is 0.227 e. The summed E-state index contributed by atoms with van der Waals surface area (Å²) < 4.78 is 0. The molecule has 1 amide bonds. The Morgan fingerprint density at radius 3 is 2.21 bits per heavy atom. The lowest BCUT2D eigenvalue weighted by Gasteiger charge is -2.28. The van der Waals surface area contributed by atoms with E-state index in [4.69, 9.17) is 11.5 Å². The zero-order valence-electron chi connectivity index (χ0n) is 9.31. The number of carbonyl (C=O) groups excluding carboxylic acids is 1. The van der Waals surface area contributed by atoms with Gasteiger partial charge in [0.2, 0.25) is 5.91 Å². The highest BCUT2D eigenvalue weighted by atomic mass is 16.2. The average Bonchev–Trinajstić information content (AvgIpc) is 2.22. The van der Waals surface area contributed by atoms with Gasteiger partial charge < -0.3 is 16.8 Å². The van der Waals surface area contributed by atoms with Crippen LogP contribution in [0.25, 0.3) is 0 Å². The first-order chi connectivity index (χ1) is 6.66. The highest BCUT2D eigenvalue weighted by Gasteiger charge is 2.32. The lowest BCUT2D eigenvalue weighted by molar-refractivity contribution is -0.131. The molecular weight excluding hydrogens is 178 g/mol. The Morgan fingerprint density at radius 2 is 1.86 bits per heavy atom. The van der Waals surface area contributed by atoms with E-state index in [0.717, 1.165) is 19.3 Å². The van der Waals surface area contributed by atoms with E-state index >= 15 is 0 Å². The summed E-state index contributed by atoms with van der Waals surface area (Å²) in [5.74, 6) is 0.0680. The molecule has 0 unspecified atom stereocenters. The molecule has 0 aromatic heterocycles. The number of carbonyl (C=O) groups is 1. The molecule has 0 saturated heterocycles. The summed E-state index contributed by atoms with van der Waals surface area (Å²) in [5, 5.41) is 2.88. The number of amides is 1. The van der Waals surface area contributed by atoms with Crippen molar-refractivity contribution in [1.82, 2.24) is 5.32 Å². The predicted molar refractivity (Wildman–Crippen MR) is 58.8 cm³/mol. The maximum Gasteiger partial charge on any atom is 0.227 e. The fraction of sp³-hybridized carbons (Fsp3) is 0.900. The minimum atomic E-state index is -0.380. The summed E-state index contributed by atoms with van der Waals surface area (Å²) in [6.07, 6.45) is 2.39. The molecule has 0 saturated carbocycles. The van der Waals surface area contributed by atoms with Gasteiger partial charge in [0.15, 0.2) is 0 Å². The van der Waals surface area contributed by atoms with Crippen molar-refractivity contribution in [3.8, 4) is 0 Å². The Balaban J connectivity index is 4.15. The molecule has 0 aromatic carbocycles. The Kier molecular flexibility index (Phi) is 6.49. The number of hydrogen-bond acceptors (Lipinski definition) is 3. The lowest BCUT2D eigenvalue weighted by Crippen LogP contribution is -2.45. The second-order valence-corrected chi connectivity index (χ2v) is 3.59. The van der Waals surface area contributed by atoms with Crippen LogP contribution in [0.2, 0.25) is 0 Å². The third-order valence-corrected chi connectivity index (χ3v) is 2.89. The van der Waals surface area contributed by atoms with E-state index in [1.807, 2.05) is 13.8 Å². The van der Waals surface area contributed by atoms with Crippen LogP contribution in [0.1, 0.15) is 33.1 Å². The van der Waals surface area contributed by atoms with Crippen LogP contribution in [0.15, 0.2) is 0 Å². The van der Waals surface area contributed by atoms with Crippen molar-refractivity contribution in [2.45, 2.75) is 33.1 Å². The number of hydrogen-bond donors (Lipinski definition) is 3. The monoisotopic (exact) mass is 201 g/mol. The largest absolute Gasteiger partial charge is 0.356 e. The molecule has 0 atom stereocenters. The van der Waals surface area contributed by atoms with Crippen LogP contribution in [0.5, 0.6) is 0 Å². The standard InChI is InChI=1S/C10H23N3O/c1-3-10(4-2,8-12)9(14)13-7-5-6-11/h3-8,11-12H2,1-2H3,(H,13,14). The third kappa shape index (κ3) is 3.27. The fourth-order valence-corrected chi connectivity index (χ4v) is 1.44. The van der Waals surface area contributed by atoms with Gasteiger partial charge in [-0.3, -0.25) is 4.79 Å². The van der Waals surface area contributed by atoms with Gasteiger partial charge in [-0.1, -0.05) is 13.8 Å². The quantitative estimate of drug-likeness (QED) is 0.515. The summed E-state index contributed by atoms with van der Waals surface area (Å²) in [6.45, 7) is 5.66. The van der Waals surface area contributed by atoms with Gasteiger partial charge in [0.1, 0.15) is 0 Å². The van der Waals surface area contributed by atoms with E-state index < -0.39 is 0 Å². The van der Waals surface area contributed by atoms with Crippen molar-refractivity contribution >= 4 is 5.91 Å². The Morgan fingerprint density at radius 1 is 1.29 bits per heavy atom. The van der Waals surface area contributed by atoms with Gasteiger partial charge in [0.05, 0.1) is 5.41 Å². The van der Waals surface area contributed by atoms with Crippen molar-refractivity contribution in [3.63, 3.8) is 0 Å². The van der Waals surface area contributed by atoms with E-state index in [9.17, 15) is 4.79 Å². The van der Waals surface area contributed by atoms with Gasteiger partial charge in [-0.15, -0.1) is 0 Å². The van der Waals surface area contributed by atoms with Crippen LogP contribution in [-0.4, -0.2) is 25.5 Å². The number of rotatable bonds is 7. The van der Waals surface area contributed by atoms with E-state index in [1.54, 1.807) is 0 Å². The minimum Gasteiger partial charge on any atom is -0.356 e. The van der Waals surface area contributed by atoms with Crippen molar-refractivity contribution in [2.24, 2.45) is 16.9 Å². The molecule has 0 fully saturated rings. The van der Waals surface area contributed by atoms with E-state index in [1.165, 1.54) is 0 Å². The van der Waals surface area contributed by atoms with Crippen molar-refractivity contribution in [2.75, 3.05) is 19.6 Å². The van der Waals surface area contributed by atoms with Crippen molar-refractivity contribution in [1.29, 1.82) is 0 Å². The zero-order valence-corrected chi connectivity index (χ0v) is 9.31. The van der Waals surface area contributed by atoms with Crippen LogP contribution in [0.3, 0.4) is 0 Å². The minimum absolute atomic E-state index is 0.0680. The average molecular weight is 201 g/mol. The van der Waals surface area contributed by atoms with Crippen LogP contribution in [-0.2, 0) is 4.79 Å². The van der Waals surface area contributed by atoms with E-state index in [2.05, 4.69) is 5.32 Å². The number of nitrogens with one attached hydrogen (secondary N) is 1. The molecule has 0 aliphatic carbocycles. The third-order valence-electron chi connectivity index (χ3n) is 2.89. The first-order valence-corrected chi connectivity index (χ1v) is 5.35. The molecule has 0 bridgehead atoms. The summed E-state index contributed by atoms with van der Waals surface area (Å²) >= 11 is 0. The SMILES string of the molecule is CCC(CC)(CN)C(=O)NCCCN. The normalized spacial score (nSPS) is 11.4. The van der Waals surface area contributed by atoms with Crippen LogP contribution in [0, 0.1) is 5.41 Å². The molecule has 0 aliphatic heterocycles. The molecule has 0 aromatic rings. The Bertz CT molecular complexity index is 158. The lowest BCUT2D eigenvalue weighted by atomic mass is 9.81. The van der Waals surface area contributed by atoms with Gasteiger partial charge in [-0.25, -0.2) is 0 Å². The van der Waals surface area contributed by atoms with Gasteiger partial charge >= 0.3 is 0 Å². The highest BCUT2D eigenvalue weighted by molar-refractivity contribution is 5.82. The molecule has 0 rings (SSSR count). The molecule has 5 N–H and O–H groups in total. The second kappa shape index (κ2) is 6.79. The van der Waals surface area contributed by atoms with Gasteiger partial charge in [-0.05, 0) is 25.8 Å². The second-order valence-electron chi connectivity index (χ2n) is 3.59. The van der Waals surface area contributed by atoms with Gasteiger partial charge in [0.25, 0.3) is 0 Å². The Labute approximate surface area is 86.4 Å². The molecular formula is C10H23N3O. The fourth-order valence-electron chi connectivity index (χ4n) is 1.44. The molecule has 0 heterocycles. The Hall–Kier alpha value is -0.610. The van der Waals surface area contributed by atoms with E-state index in [-0.39, 0.29) is 11.3 Å². The maximum absolute atomic E-state index is 11.8. The molecule has 4 heteroatoms. The van der Waals surface area contributed by atoms with E-state index in [0.29, 0.717) is 19.6 Å². The van der Waals surface area contributed by atoms with Crippen LogP contribution >= 0.6 is 0 Å². The molecule has 4 nitrogen and oxygen atoms in total. The van der Waals surface area contributed by atoms with Gasteiger partial charge in [0, 0.05) is 13.1 Å². The first-order valence-electron chi connectivity index (χ1n) is 5.35. The highest BCUT2D eigenvalue weighted by Crippen LogP contribution is 2.24. The molecule has 0 radical (unpaired) electrons. The first kappa shape index (κ1) is 13.4. The molecule has 0 aliphatic rings. The van der Waals surface area contributed by atoms with Crippen LogP contribution in [0.4, 0.5) is 0 Å². The summed E-state index contributed by atoms with van der Waals surface area (Å²) in [4.78, 5) is 11.8. The summed E-state index contributed by atoms with van der Waals surface area (Å²) in [5.41, 5.74) is 10.6. The predicted octanol–water partition coefficient (Wildman–Crippen LogP) is 0.217. The number of nitrogens with two attached hydrogens (primary N) is 2. The van der Waals surface area contributed by atoms with Crippen LogP contribution < -0.4 is 16.8 Å².